The van der Waals surface area contributed by atoms with Crippen molar-refractivity contribution in [3.63, 3.8) is 0 Å². The zero-order valence-corrected chi connectivity index (χ0v) is 15.9. The summed E-state index contributed by atoms with van der Waals surface area (Å²) in [5, 5.41) is 3.42. The van der Waals surface area contributed by atoms with Crippen LogP contribution in [0.2, 0.25) is 0 Å². The average Bonchev–Trinajstić information content (AvgIpc) is 2.96. The lowest BCUT2D eigenvalue weighted by molar-refractivity contribution is -0.116. The van der Waals surface area contributed by atoms with Crippen LogP contribution < -0.4 is 14.9 Å². The second-order valence-corrected chi connectivity index (χ2v) is 9.43. The standard InChI is InChI=1S/C18H27N3O3S/c1-13(22)21-10-7-14-11-15(5-6-16(14)21)25(23,24)20-12-17-18(2,3)8-4-9-19-17/h5-6,11,17,19-20H,4,7-10,12H2,1-3H3. The number of amides is 1. The van der Waals surface area contributed by atoms with Gasteiger partial charge in [0.25, 0.3) is 0 Å². The van der Waals surface area contributed by atoms with Crippen LogP contribution in [0.4, 0.5) is 5.69 Å². The summed E-state index contributed by atoms with van der Waals surface area (Å²) in [6, 6.07) is 5.14. The van der Waals surface area contributed by atoms with Crippen LogP contribution in [0.25, 0.3) is 0 Å². The Morgan fingerprint density at radius 3 is 2.84 bits per heavy atom. The average molecular weight is 365 g/mol. The second kappa shape index (κ2) is 6.70. The molecule has 0 aliphatic carbocycles. The van der Waals surface area contributed by atoms with Crippen molar-refractivity contribution in [2.75, 3.05) is 24.5 Å². The number of fused-ring (bicyclic) bond motifs is 1. The number of benzene rings is 1. The molecule has 1 saturated heterocycles. The maximum Gasteiger partial charge on any atom is 0.240 e. The highest BCUT2D eigenvalue weighted by Crippen LogP contribution is 2.31. The van der Waals surface area contributed by atoms with E-state index in [1.165, 1.54) is 6.92 Å². The van der Waals surface area contributed by atoms with Gasteiger partial charge in [-0.05, 0) is 55.0 Å². The van der Waals surface area contributed by atoms with E-state index in [1.807, 2.05) is 0 Å². The van der Waals surface area contributed by atoms with Gasteiger partial charge in [0.2, 0.25) is 15.9 Å². The third-order valence-corrected chi connectivity index (χ3v) is 6.87. The molecule has 1 unspecified atom stereocenters. The molecule has 2 heterocycles. The molecule has 0 saturated carbocycles. The first-order valence-electron chi connectivity index (χ1n) is 8.85. The van der Waals surface area contributed by atoms with Crippen LogP contribution >= 0.6 is 0 Å². The highest BCUT2D eigenvalue weighted by molar-refractivity contribution is 7.89. The molecule has 0 aromatic heterocycles. The number of sulfonamides is 1. The van der Waals surface area contributed by atoms with E-state index in [0.717, 1.165) is 30.6 Å². The molecule has 1 aromatic rings. The van der Waals surface area contributed by atoms with Gasteiger partial charge in [-0.15, -0.1) is 0 Å². The summed E-state index contributed by atoms with van der Waals surface area (Å²) < 4.78 is 28.1. The fraction of sp³-hybridized carbons (Fsp3) is 0.611. The summed E-state index contributed by atoms with van der Waals surface area (Å²) in [4.78, 5) is 13.6. The molecule has 138 valence electrons. The molecule has 0 bridgehead atoms. The van der Waals surface area contributed by atoms with E-state index >= 15 is 0 Å². The monoisotopic (exact) mass is 365 g/mol. The summed E-state index contributed by atoms with van der Waals surface area (Å²) in [5.41, 5.74) is 1.80. The van der Waals surface area contributed by atoms with E-state index in [9.17, 15) is 13.2 Å². The Labute approximate surface area is 150 Å². The highest BCUT2D eigenvalue weighted by Gasteiger charge is 2.33. The van der Waals surface area contributed by atoms with Gasteiger partial charge >= 0.3 is 0 Å². The molecule has 7 heteroatoms. The fourth-order valence-corrected chi connectivity index (χ4v) is 4.87. The van der Waals surface area contributed by atoms with E-state index in [0.29, 0.717) is 19.5 Å². The zero-order chi connectivity index (χ0) is 18.2. The van der Waals surface area contributed by atoms with E-state index in [2.05, 4.69) is 23.9 Å². The Bertz CT molecular complexity index is 774. The molecular formula is C18H27N3O3S. The lowest BCUT2D eigenvalue weighted by Gasteiger charge is -2.39. The van der Waals surface area contributed by atoms with Crippen molar-refractivity contribution in [3.8, 4) is 0 Å². The normalized spacial score (nSPS) is 22.7. The maximum atomic E-state index is 12.7. The van der Waals surface area contributed by atoms with Crippen molar-refractivity contribution in [1.82, 2.24) is 10.0 Å². The van der Waals surface area contributed by atoms with Crippen molar-refractivity contribution >= 4 is 21.6 Å². The van der Waals surface area contributed by atoms with Crippen LogP contribution in [-0.4, -0.2) is 40.0 Å². The number of carbonyl (C=O) groups is 1. The third-order valence-electron chi connectivity index (χ3n) is 5.45. The van der Waals surface area contributed by atoms with Crippen molar-refractivity contribution in [1.29, 1.82) is 0 Å². The predicted molar refractivity (Wildman–Crippen MR) is 98.2 cm³/mol. The van der Waals surface area contributed by atoms with E-state index < -0.39 is 10.0 Å². The van der Waals surface area contributed by atoms with E-state index in [-0.39, 0.29) is 22.3 Å². The first-order valence-corrected chi connectivity index (χ1v) is 10.3. The largest absolute Gasteiger partial charge is 0.312 e. The Morgan fingerprint density at radius 2 is 2.16 bits per heavy atom. The fourth-order valence-electron chi connectivity index (χ4n) is 3.77. The van der Waals surface area contributed by atoms with Gasteiger partial charge in [0.15, 0.2) is 0 Å². The molecule has 1 aromatic carbocycles. The van der Waals surface area contributed by atoms with Crippen LogP contribution in [-0.2, 0) is 21.2 Å². The number of nitrogens with one attached hydrogen (secondary N) is 2. The highest BCUT2D eigenvalue weighted by atomic mass is 32.2. The molecule has 6 nitrogen and oxygen atoms in total. The number of nitrogens with zero attached hydrogens (tertiary/aromatic N) is 1. The van der Waals surface area contributed by atoms with E-state index in [4.69, 9.17) is 0 Å². The van der Waals surface area contributed by atoms with Crippen molar-refractivity contribution < 1.29 is 13.2 Å². The van der Waals surface area contributed by atoms with Gasteiger partial charge in [-0.2, -0.15) is 0 Å². The first-order chi connectivity index (χ1) is 11.7. The summed E-state index contributed by atoms with van der Waals surface area (Å²) >= 11 is 0. The summed E-state index contributed by atoms with van der Waals surface area (Å²) in [7, 11) is -3.56. The zero-order valence-electron chi connectivity index (χ0n) is 15.1. The van der Waals surface area contributed by atoms with Gasteiger partial charge < -0.3 is 10.2 Å². The molecule has 3 rings (SSSR count). The van der Waals surface area contributed by atoms with Crippen LogP contribution in [0.1, 0.15) is 39.2 Å². The molecule has 2 N–H and O–H groups in total. The Hall–Kier alpha value is -1.44. The molecular weight excluding hydrogens is 338 g/mol. The van der Waals surface area contributed by atoms with Gasteiger partial charge in [-0.3, -0.25) is 4.79 Å². The quantitative estimate of drug-likeness (QED) is 0.850. The van der Waals surface area contributed by atoms with Gasteiger partial charge in [0.1, 0.15) is 0 Å². The minimum absolute atomic E-state index is 0.0157. The molecule has 0 radical (unpaired) electrons. The van der Waals surface area contributed by atoms with Crippen molar-refractivity contribution in [2.24, 2.45) is 5.41 Å². The summed E-state index contributed by atoms with van der Waals surface area (Å²) in [6.07, 6.45) is 2.90. The van der Waals surface area contributed by atoms with Gasteiger partial charge in [-0.1, -0.05) is 13.8 Å². The van der Waals surface area contributed by atoms with Gasteiger partial charge in [-0.25, -0.2) is 13.1 Å². The molecule has 0 spiro atoms. The summed E-state index contributed by atoms with van der Waals surface area (Å²) in [5.74, 6) is -0.0157. The topological polar surface area (TPSA) is 78.5 Å². The van der Waals surface area contributed by atoms with E-state index in [1.54, 1.807) is 23.1 Å². The number of hydrogen-bond acceptors (Lipinski definition) is 4. The SMILES string of the molecule is CC(=O)N1CCc2cc(S(=O)(=O)NCC3NCCCC3(C)C)ccc21. The Kier molecular flexibility index (Phi) is 4.92. The van der Waals surface area contributed by atoms with Gasteiger partial charge in [0.05, 0.1) is 4.90 Å². The number of anilines is 1. The lowest BCUT2D eigenvalue weighted by Crippen LogP contribution is -2.52. The minimum Gasteiger partial charge on any atom is -0.312 e. The molecule has 1 amide bonds. The van der Waals surface area contributed by atoms with Gasteiger partial charge in [0, 0.05) is 31.7 Å². The van der Waals surface area contributed by atoms with Crippen molar-refractivity contribution in [3.05, 3.63) is 23.8 Å². The number of piperidine rings is 1. The maximum absolute atomic E-state index is 12.7. The Balaban J connectivity index is 1.74. The molecule has 2 aliphatic rings. The Morgan fingerprint density at radius 1 is 1.40 bits per heavy atom. The first kappa shape index (κ1) is 18.4. The van der Waals surface area contributed by atoms with Crippen LogP contribution in [0, 0.1) is 5.41 Å². The number of hydrogen-bond donors (Lipinski definition) is 2. The van der Waals surface area contributed by atoms with Crippen molar-refractivity contribution in [2.45, 2.75) is 51.0 Å². The molecule has 1 fully saturated rings. The second-order valence-electron chi connectivity index (χ2n) is 7.66. The molecule has 1 atom stereocenters. The minimum atomic E-state index is -3.56. The van der Waals surface area contributed by atoms with Crippen LogP contribution in [0.3, 0.4) is 0 Å². The third kappa shape index (κ3) is 3.73. The predicted octanol–water partition coefficient (Wildman–Crippen LogP) is 1.65. The number of rotatable bonds is 4. The van der Waals surface area contributed by atoms with Crippen LogP contribution in [0.15, 0.2) is 23.1 Å². The lowest BCUT2D eigenvalue weighted by atomic mass is 9.78. The molecule has 25 heavy (non-hydrogen) atoms. The number of carbonyl (C=O) groups excluding carboxylic acids is 1. The smallest absolute Gasteiger partial charge is 0.240 e. The van der Waals surface area contributed by atoms with Crippen LogP contribution in [0.5, 0.6) is 0 Å². The molecule has 2 aliphatic heterocycles. The summed E-state index contributed by atoms with van der Waals surface area (Å²) in [6.45, 7) is 7.79.